The van der Waals surface area contributed by atoms with Crippen LogP contribution >= 0.6 is 11.3 Å². The molecule has 2 aromatic heterocycles. The highest BCUT2D eigenvalue weighted by molar-refractivity contribution is 7.10. The van der Waals surface area contributed by atoms with Gasteiger partial charge in [-0.05, 0) is 11.4 Å². The molecule has 0 spiro atoms. The fourth-order valence-electron chi connectivity index (χ4n) is 1.19. The van der Waals surface area contributed by atoms with E-state index in [4.69, 9.17) is 5.26 Å². The quantitative estimate of drug-likeness (QED) is 0.748. The minimum Gasteiger partial charge on any atom is -0.261 e. The summed E-state index contributed by atoms with van der Waals surface area (Å²) in [6, 6.07) is 6.10. The molecule has 2 aromatic rings. The van der Waals surface area contributed by atoms with Crippen molar-refractivity contribution < 1.29 is 0 Å². The Morgan fingerprint density at radius 1 is 1.43 bits per heavy atom. The minimum absolute atomic E-state index is 0.288. The lowest BCUT2D eigenvalue weighted by molar-refractivity contribution is 0.960. The molecule has 0 bridgehead atoms. The van der Waals surface area contributed by atoms with Crippen LogP contribution in [0.3, 0.4) is 0 Å². The van der Waals surface area contributed by atoms with Crippen LogP contribution < -0.4 is 0 Å². The van der Waals surface area contributed by atoms with Crippen molar-refractivity contribution in [2.24, 2.45) is 0 Å². The molecule has 0 N–H and O–H groups in total. The second-order valence-electron chi connectivity index (χ2n) is 2.71. The smallest absolute Gasteiger partial charge is 0.124 e. The van der Waals surface area contributed by atoms with Gasteiger partial charge in [-0.3, -0.25) is 9.97 Å². The summed E-state index contributed by atoms with van der Waals surface area (Å²) in [5.74, 6) is -0.288. The van der Waals surface area contributed by atoms with E-state index in [2.05, 4.69) is 16.0 Å². The molecule has 0 aliphatic carbocycles. The number of rotatable bonds is 2. The molecule has 1 atom stereocenters. The lowest BCUT2D eigenvalue weighted by Crippen LogP contribution is -1.98. The number of nitriles is 1. The lowest BCUT2D eigenvalue weighted by atomic mass is 10.1. The third-order valence-corrected chi connectivity index (χ3v) is 2.77. The molecule has 0 aromatic carbocycles. The third-order valence-electron chi connectivity index (χ3n) is 1.84. The Morgan fingerprint density at radius 2 is 2.36 bits per heavy atom. The maximum Gasteiger partial charge on any atom is 0.124 e. The van der Waals surface area contributed by atoms with Crippen LogP contribution in [0.25, 0.3) is 0 Å². The molecule has 0 radical (unpaired) electrons. The highest BCUT2D eigenvalue weighted by atomic mass is 32.1. The summed E-state index contributed by atoms with van der Waals surface area (Å²) >= 11 is 1.56. The normalized spacial score (nSPS) is 11.9. The van der Waals surface area contributed by atoms with E-state index in [1.807, 2.05) is 17.5 Å². The van der Waals surface area contributed by atoms with Gasteiger partial charge in [0.2, 0.25) is 0 Å². The number of thiophene rings is 1. The molecule has 0 amide bonds. The summed E-state index contributed by atoms with van der Waals surface area (Å²) in [6.07, 6.45) is 4.84. The van der Waals surface area contributed by atoms with Crippen LogP contribution in [0, 0.1) is 11.3 Å². The van der Waals surface area contributed by atoms with Crippen LogP contribution in [-0.2, 0) is 0 Å². The van der Waals surface area contributed by atoms with E-state index in [0.29, 0.717) is 5.69 Å². The van der Waals surface area contributed by atoms with Crippen LogP contribution in [0.5, 0.6) is 0 Å². The molecule has 68 valence electrons. The van der Waals surface area contributed by atoms with Crippen LogP contribution in [0.1, 0.15) is 16.5 Å². The summed E-state index contributed by atoms with van der Waals surface area (Å²) in [4.78, 5) is 9.09. The SMILES string of the molecule is N#CC(c1cnccn1)c1cccs1. The highest BCUT2D eigenvalue weighted by Crippen LogP contribution is 2.25. The predicted molar refractivity (Wildman–Crippen MR) is 53.8 cm³/mol. The van der Waals surface area contributed by atoms with Crippen molar-refractivity contribution in [1.29, 1.82) is 5.26 Å². The zero-order chi connectivity index (χ0) is 9.80. The Morgan fingerprint density at radius 3 is 2.93 bits per heavy atom. The largest absolute Gasteiger partial charge is 0.261 e. The van der Waals surface area contributed by atoms with Gasteiger partial charge in [0.15, 0.2) is 0 Å². The van der Waals surface area contributed by atoms with E-state index in [-0.39, 0.29) is 5.92 Å². The third kappa shape index (κ3) is 1.63. The van der Waals surface area contributed by atoms with Crippen LogP contribution in [-0.4, -0.2) is 9.97 Å². The van der Waals surface area contributed by atoms with Gasteiger partial charge in [-0.25, -0.2) is 0 Å². The molecule has 1 unspecified atom stereocenters. The van der Waals surface area contributed by atoms with Gasteiger partial charge in [0.1, 0.15) is 5.92 Å². The molecule has 4 heteroatoms. The Bertz CT molecular complexity index is 430. The molecular formula is C10H7N3S. The molecule has 0 aliphatic heterocycles. The summed E-state index contributed by atoms with van der Waals surface area (Å²) < 4.78 is 0. The molecule has 0 saturated heterocycles. The fraction of sp³-hybridized carbons (Fsp3) is 0.100. The second kappa shape index (κ2) is 3.99. The zero-order valence-electron chi connectivity index (χ0n) is 7.29. The number of hydrogen-bond acceptors (Lipinski definition) is 4. The minimum atomic E-state index is -0.288. The first-order valence-electron chi connectivity index (χ1n) is 4.11. The number of nitrogens with zero attached hydrogens (tertiary/aromatic N) is 3. The van der Waals surface area contributed by atoms with E-state index in [1.165, 1.54) is 0 Å². The van der Waals surface area contributed by atoms with Crippen molar-refractivity contribution >= 4 is 11.3 Å². The Balaban J connectivity index is 2.38. The highest BCUT2D eigenvalue weighted by Gasteiger charge is 2.15. The Kier molecular flexibility index (Phi) is 2.52. The van der Waals surface area contributed by atoms with Crippen molar-refractivity contribution in [1.82, 2.24) is 9.97 Å². The van der Waals surface area contributed by atoms with Gasteiger partial charge in [-0.15, -0.1) is 11.3 Å². The summed E-state index contributed by atoms with van der Waals surface area (Å²) in [6.45, 7) is 0. The monoisotopic (exact) mass is 201 g/mol. The second-order valence-corrected chi connectivity index (χ2v) is 3.69. The molecular weight excluding hydrogens is 194 g/mol. The first-order chi connectivity index (χ1) is 6.92. The summed E-state index contributed by atoms with van der Waals surface area (Å²) in [5.41, 5.74) is 0.706. The number of hydrogen-bond donors (Lipinski definition) is 0. The Hall–Kier alpha value is -1.73. The van der Waals surface area contributed by atoms with Crippen molar-refractivity contribution in [3.8, 4) is 6.07 Å². The Labute approximate surface area is 85.7 Å². The molecule has 3 nitrogen and oxygen atoms in total. The molecule has 14 heavy (non-hydrogen) atoms. The lowest BCUT2D eigenvalue weighted by Gasteiger charge is -2.03. The molecule has 2 heterocycles. The topological polar surface area (TPSA) is 49.6 Å². The van der Waals surface area contributed by atoms with Crippen molar-refractivity contribution in [3.05, 3.63) is 46.7 Å². The van der Waals surface area contributed by atoms with Crippen LogP contribution in [0.4, 0.5) is 0 Å². The summed E-state index contributed by atoms with van der Waals surface area (Å²) in [7, 11) is 0. The standard InChI is InChI=1S/C10H7N3S/c11-6-8(10-2-1-5-14-10)9-7-12-3-4-13-9/h1-5,7-8H. The van der Waals surface area contributed by atoms with E-state index >= 15 is 0 Å². The molecule has 2 rings (SSSR count). The predicted octanol–water partition coefficient (Wildman–Crippen LogP) is 2.19. The molecule has 0 saturated carbocycles. The van der Waals surface area contributed by atoms with Gasteiger partial charge in [0.25, 0.3) is 0 Å². The van der Waals surface area contributed by atoms with E-state index in [9.17, 15) is 0 Å². The van der Waals surface area contributed by atoms with Crippen LogP contribution in [0.2, 0.25) is 0 Å². The van der Waals surface area contributed by atoms with Crippen molar-refractivity contribution in [3.63, 3.8) is 0 Å². The van der Waals surface area contributed by atoms with Crippen molar-refractivity contribution in [2.75, 3.05) is 0 Å². The van der Waals surface area contributed by atoms with E-state index in [1.54, 1.807) is 29.9 Å². The maximum atomic E-state index is 9.04. The van der Waals surface area contributed by atoms with Crippen molar-refractivity contribution in [2.45, 2.75) is 5.92 Å². The zero-order valence-corrected chi connectivity index (χ0v) is 8.11. The van der Waals surface area contributed by atoms with Gasteiger partial charge >= 0.3 is 0 Å². The molecule has 0 fully saturated rings. The van der Waals surface area contributed by atoms with Gasteiger partial charge in [-0.2, -0.15) is 5.26 Å². The maximum absolute atomic E-state index is 9.04. The van der Waals surface area contributed by atoms with E-state index < -0.39 is 0 Å². The van der Waals surface area contributed by atoms with E-state index in [0.717, 1.165) is 4.88 Å². The average molecular weight is 201 g/mol. The average Bonchev–Trinajstić information content (AvgIpc) is 2.74. The van der Waals surface area contributed by atoms with Gasteiger partial charge in [-0.1, -0.05) is 6.07 Å². The van der Waals surface area contributed by atoms with Gasteiger partial charge in [0.05, 0.1) is 18.0 Å². The van der Waals surface area contributed by atoms with Gasteiger partial charge in [0, 0.05) is 17.3 Å². The summed E-state index contributed by atoms with van der Waals surface area (Å²) in [5, 5.41) is 11.0. The van der Waals surface area contributed by atoms with Crippen LogP contribution in [0.15, 0.2) is 36.1 Å². The first-order valence-corrected chi connectivity index (χ1v) is 4.98. The molecule has 0 aliphatic rings. The first kappa shape index (κ1) is 8.85. The van der Waals surface area contributed by atoms with Gasteiger partial charge < -0.3 is 0 Å². The fourth-order valence-corrected chi connectivity index (χ4v) is 1.97. The number of aromatic nitrogens is 2.